The van der Waals surface area contributed by atoms with Crippen LogP contribution in [0.15, 0.2) is 24.3 Å². The minimum Gasteiger partial charge on any atom is -0.349 e. The molecule has 1 aromatic carbocycles. The average Bonchev–Trinajstić information content (AvgIpc) is 3.32. The molecule has 3 N–H and O–H groups in total. The molecule has 0 radical (unpaired) electrons. The van der Waals surface area contributed by atoms with Crippen LogP contribution in [0, 0.1) is 5.92 Å². The Labute approximate surface area is 130 Å². The van der Waals surface area contributed by atoms with Crippen LogP contribution in [0.5, 0.6) is 0 Å². The number of hydrogen-bond donors (Lipinski definition) is 3. The van der Waals surface area contributed by atoms with Gasteiger partial charge in [0.15, 0.2) is 0 Å². The van der Waals surface area contributed by atoms with Gasteiger partial charge in [-0.05, 0) is 63.4 Å². The van der Waals surface area contributed by atoms with Gasteiger partial charge in [0.1, 0.15) is 0 Å². The fraction of sp³-hybridized carbons (Fsp3) is 0.529. The summed E-state index contributed by atoms with van der Waals surface area (Å²) in [6.45, 7) is 3.08. The van der Waals surface area contributed by atoms with Crippen molar-refractivity contribution in [3.8, 4) is 0 Å². The monoisotopic (exact) mass is 301 g/mol. The molecular weight excluding hydrogens is 278 g/mol. The first-order valence-electron chi connectivity index (χ1n) is 8.07. The third kappa shape index (κ3) is 3.85. The van der Waals surface area contributed by atoms with Crippen molar-refractivity contribution in [2.75, 3.05) is 11.9 Å². The van der Waals surface area contributed by atoms with Gasteiger partial charge in [0, 0.05) is 29.3 Å². The number of piperidine rings is 1. The molecule has 0 aromatic heterocycles. The molecule has 1 aliphatic carbocycles. The van der Waals surface area contributed by atoms with Crippen molar-refractivity contribution in [2.24, 2.45) is 5.92 Å². The van der Waals surface area contributed by atoms with E-state index in [-0.39, 0.29) is 23.8 Å². The third-order valence-corrected chi connectivity index (χ3v) is 4.32. The van der Waals surface area contributed by atoms with Crippen molar-refractivity contribution >= 4 is 17.5 Å². The lowest BCUT2D eigenvalue weighted by Gasteiger charge is -2.28. The number of carbonyl (C=O) groups excluding carboxylic acids is 2. The summed E-state index contributed by atoms with van der Waals surface area (Å²) in [4.78, 5) is 23.9. The van der Waals surface area contributed by atoms with Gasteiger partial charge in [-0.25, -0.2) is 0 Å². The fourth-order valence-corrected chi connectivity index (χ4v) is 2.83. The SMILES string of the molecule is CC1CC(NC(=O)c2ccc(NC(=O)C3CC3)cc2)CCN1. The molecule has 0 bridgehead atoms. The summed E-state index contributed by atoms with van der Waals surface area (Å²) >= 11 is 0. The van der Waals surface area contributed by atoms with Gasteiger partial charge in [-0.2, -0.15) is 0 Å². The van der Waals surface area contributed by atoms with E-state index in [0.717, 1.165) is 37.9 Å². The Morgan fingerprint density at radius 3 is 2.50 bits per heavy atom. The Morgan fingerprint density at radius 1 is 1.14 bits per heavy atom. The molecular formula is C17H23N3O2. The van der Waals surface area contributed by atoms with Crippen LogP contribution >= 0.6 is 0 Å². The lowest BCUT2D eigenvalue weighted by molar-refractivity contribution is -0.117. The topological polar surface area (TPSA) is 70.2 Å². The molecule has 22 heavy (non-hydrogen) atoms. The molecule has 2 fully saturated rings. The highest BCUT2D eigenvalue weighted by Gasteiger charge is 2.29. The first-order valence-corrected chi connectivity index (χ1v) is 8.07. The Morgan fingerprint density at radius 2 is 1.86 bits per heavy atom. The van der Waals surface area contributed by atoms with E-state index >= 15 is 0 Å². The lowest BCUT2D eigenvalue weighted by atomic mass is 10.0. The fourth-order valence-electron chi connectivity index (χ4n) is 2.83. The maximum absolute atomic E-state index is 12.3. The van der Waals surface area contributed by atoms with Crippen molar-refractivity contribution in [1.29, 1.82) is 0 Å². The van der Waals surface area contributed by atoms with Gasteiger partial charge in [0.25, 0.3) is 5.91 Å². The summed E-state index contributed by atoms with van der Waals surface area (Å²) in [5.74, 6) is 0.227. The zero-order chi connectivity index (χ0) is 15.5. The van der Waals surface area contributed by atoms with E-state index in [1.807, 2.05) is 0 Å². The summed E-state index contributed by atoms with van der Waals surface area (Å²) in [6, 6.07) is 7.79. The predicted molar refractivity (Wildman–Crippen MR) is 85.7 cm³/mol. The molecule has 2 aliphatic rings. The number of carbonyl (C=O) groups is 2. The van der Waals surface area contributed by atoms with E-state index in [4.69, 9.17) is 0 Å². The van der Waals surface area contributed by atoms with E-state index in [2.05, 4.69) is 22.9 Å². The van der Waals surface area contributed by atoms with Gasteiger partial charge in [0.2, 0.25) is 5.91 Å². The molecule has 2 amide bonds. The summed E-state index contributed by atoms with van der Waals surface area (Å²) in [5.41, 5.74) is 1.39. The lowest BCUT2D eigenvalue weighted by Crippen LogP contribution is -2.46. The van der Waals surface area contributed by atoms with Gasteiger partial charge in [0.05, 0.1) is 0 Å². The Balaban J connectivity index is 1.54. The van der Waals surface area contributed by atoms with Crippen molar-refractivity contribution in [3.05, 3.63) is 29.8 Å². The summed E-state index contributed by atoms with van der Waals surface area (Å²) < 4.78 is 0. The predicted octanol–water partition coefficient (Wildman–Crippen LogP) is 1.91. The van der Waals surface area contributed by atoms with Crippen molar-refractivity contribution < 1.29 is 9.59 Å². The maximum atomic E-state index is 12.3. The van der Waals surface area contributed by atoms with Gasteiger partial charge in [-0.3, -0.25) is 9.59 Å². The number of amides is 2. The zero-order valence-corrected chi connectivity index (χ0v) is 12.9. The van der Waals surface area contributed by atoms with Crippen LogP contribution in [-0.2, 0) is 4.79 Å². The molecule has 5 heteroatoms. The molecule has 1 aliphatic heterocycles. The van der Waals surface area contributed by atoms with Gasteiger partial charge >= 0.3 is 0 Å². The number of nitrogens with one attached hydrogen (secondary N) is 3. The minimum absolute atomic E-state index is 0.0424. The number of anilines is 1. The Kier molecular flexibility index (Phi) is 4.43. The molecule has 5 nitrogen and oxygen atoms in total. The van der Waals surface area contributed by atoms with Crippen molar-refractivity contribution in [3.63, 3.8) is 0 Å². The number of hydrogen-bond acceptors (Lipinski definition) is 3. The molecule has 1 saturated carbocycles. The molecule has 0 spiro atoms. The highest BCUT2D eigenvalue weighted by atomic mass is 16.2. The first kappa shape index (κ1) is 15.0. The molecule has 1 heterocycles. The van der Waals surface area contributed by atoms with Gasteiger partial charge in [-0.1, -0.05) is 0 Å². The normalized spacial score (nSPS) is 24.6. The highest BCUT2D eigenvalue weighted by Crippen LogP contribution is 2.30. The first-order chi connectivity index (χ1) is 10.6. The molecule has 118 valence electrons. The summed E-state index contributed by atoms with van der Waals surface area (Å²) in [6.07, 6.45) is 3.90. The quantitative estimate of drug-likeness (QED) is 0.795. The van der Waals surface area contributed by atoms with E-state index < -0.39 is 0 Å². The van der Waals surface area contributed by atoms with E-state index in [1.54, 1.807) is 24.3 Å². The molecule has 1 aromatic rings. The Hall–Kier alpha value is -1.88. The van der Waals surface area contributed by atoms with E-state index in [9.17, 15) is 9.59 Å². The van der Waals surface area contributed by atoms with Crippen LogP contribution in [0.2, 0.25) is 0 Å². The summed E-state index contributed by atoms with van der Waals surface area (Å²) in [5, 5.41) is 9.34. The third-order valence-electron chi connectivity index (χ3n) is 4.32. The van der Waals surface area contributed by atoms with Gasteiger partial charge in [-0.15, -0.1) is 0 Å². The average molecular weight is 301 g/mol. The number of rotatable bonds is 4. The van der Waals surface area contributed by atoms with Crippen molar-refractivity contribution in [2.45, 2.75) is 44.7 Å². The maximum Gasteiger partial charge on any atom is 0.251 e. The van der Waals surface area contributed by atoms with Crippen LogP contribution in [-0.4, -0.2) is 30.4 Å². The molecule has 2 atom stereocenters. The van der Waals surface area contributed by atoms with Crippen LogP contribution in [0.1, 0.15) is 43.0 Å². The molecule has 2 unspecified atom stereocenters. The second kappa shape index (κ2) is 6.48. The smallest absolute Gasteiger partial charge is 0.251 e. The van der Waals surface area contributed by atoms with Crippen LogP contribution in [0.4, 0.5) is 5.69 Å². The van der Waals surface area contributed by atoms with Gasteiger partial charge < -0.3 is 16.0 Å². The molecule has 1 saturated heterocycles. The summed E-state index contributed by atoms with van der Waals surface area (Å²) in [7, 11) is 0. The highest BCUT2D eigenvalue weighted by molar-refractivity contribution is 5.96. The minimum atomic E-state index is -0.0424. The Bertz CT molecular complexity index is 552. The second-order valence-electron chi connectivity index (χ2n) is 6.39. The van der Waals surface area contributed by atoms with Crippen LogP contribution < -0.4 is 16.0 Å². The standard InChI is InChI=1S/C17H23N3O2/c1-11-10-15(8-9-18-11)20-17(22)13-4-6-14(7-5-13)19-16(21)12-2-3-12/h4-7,11-12,15,18H,2-3,8-10H2,1H3,(H,19,21)(H,20,22). The van der Waals surface area contributed by atoms with Crippen molar-refractivity contribution in [1.82, 2.24) is 10.6 Å². The second-order valence-corrected chi connectivity index (χ2v) is 6.39. The zero-order valence-electron chi connectivity index (χ0n) is 12.9. The van der Waals surface area contributed by atoms with Crippen LogP contribution in [0.3, 0.4) is 0 Å². The number of benzene rings is 1. The van der Waals surface area contributed by atoms with Crippen LogP contribution in [0.25, 0.3) is 0 Å². The van der Waals surface area contributed by atoms with E-state index in [1.165, 1.54) is 0 Å². The van der Waals surface area contributed by atoms with E-state index in [0.29, 0.717) is 11.6 Å². The largest absolute Gasteiger partial charge is 0.349 e. The molecule has 3 rings (SSSR count).